The van der Waals surface area contributed by atoms with E-state index in [0.717, 1.165) is 29.0 Å². The third kappa shape index (κ3) is 7.21. The van der Waals surface area contributed by atoms with Crippen LogP contribution >= 0.6 is 11.8 Å². The number of benzene rings is 2. The molecule has 33 heavy (non-hydrogen) atoms. The molecular formula is C24H25F3N4OS. The van der Waals surface area contributed by atoms with Gasteiger partial charge in [0.2, 0.25) is 0 Å². The summed E-state index contributed by atoms with van der Waals surface area (Å²) in [4.78, 5) is 21.8. The predicted molar refractivity (Wildman–Crippen MR) is 124 cm³/mol. The van der Waals surface area contributed by atoms with Crippen molar-refractivity contribution in [3.8, 4) is 0 Å². The average Bonchev–Trinajstić information content (AvgIpc) is 2.77. The van der Waals surface area contributed by atoms with Crippen molar-refractivity contribution in [2.45, 2.75) is 43.5 Å². The summed E-state index contributed by atoms with van der Waals surface area (Å²) < 4.78 is 40.4. The van der Waals surface area contributed by atoms with Gasteiger partial charge in [-0.1, -0.05) is 54.2 Å². The average molecular weight is 475 g/mol. The number of amides is 1. The number of hydrogen-bond donors (Lipinski definition) is 1. The maximum atomic E-state index is 13.5. The summed E-state index contributed by atoms with van der Waals surface area (Å²) in [5.41, 5.74) is 1.36. The molecule has 0 saturated heterocycles. The molecule has 0 unspecified atom stereocenters. The number of anilines is 1. The van der Waals surface area contributed by atoms with Gasteiger partial charge in [0.15, 0.2) is 10.9 Å². The van der Waals surface area contributed by atoms with E-state index in [1.165, 1.54) is 0 Å². The van der Waals surface area contributed by atoms with Gasteiger partial charge >= 0.3 is 6.18 Å². The summed E-state index contributed by atoms with van der Waals surface area (Å²) >= 11 is 1.12. The molecular weight excluding hydrogens is 449 g/mol. The first-order valence-electron chi connectivity index (χ1n) is 10.4. The van der Waals surface area contributed by atoms with E-state index < -0.39 is 11.9 Å². The van der Waals surface area contributed by atoms with Crippen LogP contribution in [0.3, 0.4) is 0 Å². The van der Waals surface area contributed by atoms with Crippen molar-refractivity contribution in [3.63, 3.8) is 0 Å². The van der Waals surface area contributed by atoms with E-state index in [-0.39, 0.29) is 22.9 Å². The molecule has 0 radical (unpaired) electrons. The quantitative estimate of drug-likeness (QED) is 0.342. The third-order valence-electron chi connectivity index (χ3n) is 4.64. The lowest BCUT2D eigenvalue weighted by Crippen LogP contribution is -2.29. The van der Waals surface area contributed by atoms with Crippen molar-refractivity contribution < 1.29 is 18.0 Å². The fraction of sp³-hybridized carbons (Fsp3) is 0.292. The second kappa shape index (κ2) is 10.7. The first-order chi connectivity index (χ1) is 15.6. The predicted octanol–water partition coefficient (Wildman–Crippen LogP) is 5.56. The molecule has 1 amide bonds. The highest BCUT2D eigenvalue weighted by molar-refractivity contribution is 7.98. The molecule has 174 valence electrons. The van der Waals surface area contributed by atoms with Crippen LogP contribution in [0.15, 0.2) is 65.8 Å². The van der Waals surface area contributed by atoms with Gasteiger partial charge in [0.05, 0.1) is 0 Å². The highest BCUT2D eigenvalue weighted by atomic mass is 32.2. The van der Waals surface area contributed by atoms with E-state index in [1.54, 1.807) is 36.2 Å². The summed E-state index contributed by atoms with van der Waals surface area (Å²) in [6, 6.07) is 17.4. The first kappa shape index (κ1) is 24.6. The Morgan fingerprint density at radius 1 is 1.03 bits per heavy atom. The van der Waals surface area contributed by atoms with E-state index in [2.05, 4.69) is 15.3 Å². The standard InChI is InChI=1S/C24H25F3N4OS/c1-16(2)28-22(32)19-11-9-18(10-12-19)15-33-23-29-20(24(25,26)27)13-21(30-23)31(3)14-17-7-5-4-6-8-17/h4-13,16H,14-15H2,1-3H3,(H,28,32). The monoisotopic (exact) mass is 474 g/mol. The number of carbonyl (C=O) groups excluding carboxylic acids is 1. The van der Waals surface area contributed by atoms with Crippen LogP contribution in [0.1, 0.15) is 41.0 Å². The SMILES string of the molecule is CC(C)NC(=O)c1ccc(CSc2nc(N(C)Cc3ccccc3)cc(C(F)(F)F)n2)cc1. The largest absolute Gasteiger partial charge is 0.433 e. The second-order valence-electron chi connectivity index (χ2n) is 7.85. The lowest BCUT2D eigenvalue weighted by atomic mass is 10.1. The minimum absolute atomic E-state index is 0.0278. The van der Waals surface area contributed by atoms with Crippen molar-refractivity contribution in [2.24, 2.45) is 0 Å². The zero-order valence-corrected chi connectivity index (χ0v) is 19.4. The zero-order valence-electron chi connectivity index (χ0n) is 18.6. The highest BCUT2D eigenvalue weighted by Gasteiger charge is 2.34. The fourth-order valence-corrected chi connectivity index (χ4v) is 3.81. The normalized spacial score (nSPS) is 11.5. The van der Waals surface area contributed by atoms with Gasteiger partial charge in [-0.15, -0.1) is 0 Å². The van der Waals surface area contributed by atoms with Crippen molar-refractivity contribution in [3.05, 3.63) is 83.0 Å². The zero-order chi connectivity index (χ0) is 24.0. The van der Waals surface area contributed by atoms with Crippen molar-refractivity contribution in [2.75, 3.05) is 11.9 Å². The molecule has 0 aliphatic carbocycles. The molecule has 0 fully saturated rings. The molecule has 0 spiro atoms. The smallest absolute Gasteiger partial charge is 0.355 e. The molecule has 5 nitrogen and oxygen atoms in total. The van der Waals surface area contributed by atoms with Crippen LogP contribution in [0.2, 0.25) is 0 Å². The van der Waals surface area contributed by atoms with Crippen LogP contribution in [0.4, 0.5) is 19.0 Å². The summed E-state index contributed by atoms with van der Waals surface area (Å²) in [6.45, 7) is 4.17. The molecule has 0 aliphatic rings. The van der Waals surface area contributed by atoms with Crippen LogP contribution in [-0.4, -0.2) is 29.0 Å². The van der Waals surface area contributed by atoms with Crippen LogP contribution in [-0.2, 0) is 18.5 Å². The Morgan fingerprint density at radius 3 is 2.30 bits per heavy atom. The lowest BCUT2D eigenvalue weighted by molar-refractivity contribution is -0.141. The number of rotatable bonds is 8. The molecule has 0 bridgehead atoms. The maximum Gasteiger partial charge on any atom is 0.433 e. The summed E-state index contributed by atoms with van der Waals surface area (Å²) in [7, 11) is 1.70. The molecule has 3 aromatic rings. The molecule has 0 saturated carbocycles. The van der Waals surface area contributed by atoms with Crippen molar-refractivity contribution >= 4 is 23.5 Å². The Balaban J connectivity index is 1.75. The number of alkyl halides is 3. The Bertz CT molecular complexity index is 1070. The van der Waals surface area contributed by atoms with E-state index in [4.69, 9.17) is 0 Å². The van der Waals surface area contributed by atoms with Gasteiger partial charge in [-0.25, -0.2) is 9.97 Å². The molecule has 1 heterocycles. The van der Waals surface area contributed by atoms with Gasteiger partial charge in [-0.05, 0) is 37.1 Å². The van der Waals surface area contributed by atoms with E-state index in [0.29, 0.717) is 17.9 Å². The Morgan fingerprint density at radius 2 is 1.70 bits per heavy atom. The van der Waals surface area contributed by atoms with Crippen molar-refractivity contribution in [1.82, 2.24) is 15.3 Å². The maximum absolute atomic E-state index is 13.5. The number of hydrogen-bond acceptors (Lipinski definition) is 5. The van der Waals surface area contributed by atoms with Crippen LogP contribution in [0.25, 0.3) is 0 Å². The van der Waals surface area contributed by atoms with Gasteiger partial charge in [-0.2, -0.15) is 13.2 Å². The van der Waals surface area contributed by atoms with E-state index in [9.17, 15) is 18.0 Å². The number of nitrogens with zero attached hydrogens (tertiary/aromatic N) is 3. The van der Waals surface area contributed by atoms with E-state index >= 15 is 0 Å². The number of nitrogens with one attached hydrogen (secondary N) is 1. The molecule has 1 aromatic heterocycles. The van der Waals surface area contributed by atoms with Crippen LogP contribution in [0.5, 0.6) is 0 Å². The number of aromatic nitrogens is 2. The summed E-state index contributed by atoms with van der Waals surface area (Å²) in [5, 5.41) is 2.86. The van der Waals surface area contributed by atoms with Gasteiger partial charge < -0.3 is 10.2 Å². The molecule has 0 atom stereocenters. The molecule has 3 rings (SSSR count). The molecule has 2 aromatic carbocycles. The molecule has 9 heteroatoms. The minimum Gasteiger partial charge on any atom is -0.355 e. The third-order valence-corrected chi connectivity index (χ3v) is 5.56. The van der Waals surface area contributed by atoms with Gasteiger partial charge in [-0.3, -0.25) is 4.79 Å². The first-order valence-corrected chi connectivity index (χ1v) is 11.3. The Hall–Kier alpha value is -3.07. The van der Waals surface area contributed by atoms with Gasteiger partial charge in [0.25, 0.3) is 5.91 Å². The van der Waals surface area contributed by atoms with Crippen molar-refractivity contribution in [1.29, 1.82) is 0 Å². The number of thioether (sulfide) groups is 1. The topological polar surface area (TPSA) is 58.1 Å². The molecule has 1 N–H and O–H groups in total. The number of halogens is 3. The Kier molecular flexibility index (Phi) is 7.97. The molecule has 0 aliphatic heterocycles. The van der Waals surface area contributed by atoms with E-state index in [1.807, 2.05) is 44.2 Å². The fourth-order valence-electron chi connectivity index (χ4n) is 3.00. The summed E-state index contributed by atoms with van der Waals surface area (Å²) in [6.07, 6.45) is -4.58. The summed E-state index contributed by atoms with van der Waals surface area (Å²) in [5.74, 6) is 0.399. The lowest BCUT2D eigenvalue weighted by Gasteiger charge is -2.20. The number of carbonyl (C=O) groups is 1. The Labute approximate surface area is 195 Å². The van der Waals surface area contributed by atoms with Gasteiger partial charge in [0, 0.05) is 37.0 Å². The second-order valence-corrected chi connectivity index (χ2v) is 8.79. The minimum atomic E-state index is -4.58. The van der Waals surface area contributed by atoms with Crippen LogP contribution < -0.4 is 10.2 Å². The van der Waals surface area contributed by atoms with Crippen LogP contribution in [0, 0.1) is 0 Å². The highest BCUT2D eigenvalue weighted by Crippen LogP contribution is 2.32. The van der Waals surface area contributed by atoms with Gasteiger partial charge in [0.1, 0.15) is 5.82 Å².